The molecule has 138 valence electrons. The summed E-state index contributed by atoms with van der Waals surface area (Å²) in [4.78, 5) is 25.2. The molecule has 0 amide bonds. The zero-order chi connectivity index (χ0) is 19.2. The van der Waals surface area contributed by atoms with Crippen molar-refractivity contribution in [3.63, 3.8) is 0 Å². The number of carbonyl (C=O) groups is 2. The summed E-state index contributed by atoms with van der Waals surface area (Å²) in [6, 6.07) is 0. The van der Waals surface area contributed by atoms with Crippen molar-refractivity contribution < 1.29 is 15.7 Å². The van der Waals surface area contributed by atoms with E-state index in [2.05, 4.69) is 19.9 Å². The number of ketones is 1. The first-order valence-corrected chi connectivity index (χ1v) is 9.38. The highest BCUT2D eigenvalue weighted by Crippen LogP contribution is 2.37. The monoisotopic (exact) mass is 337 g/mol. The van der Waals surface area contributed by atoms with Gasteiger partial charge in [0.1, 0.15) is 5.78 Å². The van der Waals surface area contributed by atoms with Crippen LogP contribution in [0.3, 0.4) is 0 Å². The van der Waals surface area contributed by atoms with Crippen LogP contribution in [-0.2, 0) is 14.3 Å². The van der Waals surface area contributed by atoms with Gasteiger partial charge >= 0.3 is 5.97 Å². The molecule has 1 heterocycles. The molecule has 3 nitrogen and oxygen atoms in total. The zero-order valence-corrected chi connectivity index (χ0v) is 16.3. The van der Waals surface area contributed by atoms with Crippen molar-refractivity contribution in [2.24, 2.45) is 29.1 Å². The summed E-state index contributed by atoms with van der Waals surface area (Å²) in [5, 5.41) is 0. The predicted molar refractivity (Wildman–Crippen MR) is 98.6 cm³/mol. The second-order valence-electron chi connectivity index (χ2n) is 8.11. The van der Waals surface area contributed by atoms with Gasteiger partial charge in [-0.15, -0.1) is 0 Å². The van der Waals surface area contributed by atoms with E-state index >= 15 is 0 Å². The summed E-state index contributed by atoms with van der Waals surface area (Å²) in [7, 11) is 0. The third kappa shape index (κ3) is 5.75. The second kappa shape index (κ2) is 9.39. The lowest BCUT2D eigenvalue weighted by atomic mass is 9.67. The fraction of sp³-hybridized carbons (Fsp3) is 0.810. The lowest BCUT2D eigenvalue weighted by molar-refractivity contribution is -0.147. The van der Waals surface area contributed by atoms with Gasteiger partial charge in [-0.2, -0.15) is 0 Å². The Morgan fingerprint density at radius 2 is 1.75 bits per heavy atom. The highest BCUT2D eigenvalue weighted by atomic mass is 16.5. The predicted octanol–water partition coefficient (Wildman–Crippen LogP) is 5.19. The van der Waals surface area contributed by atoms with E-state index in [0.717, 1.165) is 19.3 Å². The Morgan fingerprint density at radius 3 is 2.42 bits per heavy atom. The van der Waals surface area contributed by atoms with Crippen molar-refractivity contribution in [1.82, 2.24) is 0 Å². The maximum Gasteiger partial charge on any atom is 0.306 e. The van der Waals surface area contributed by atoms with E-state index in [-0.39, 0.29) is 30.0 Å². The Balaban J connectivity index is 2.98. The molecule has 0 bridgehead atoms. The van der Waals surface area contributed by atoms with Gasteiger partial charge in [0.25, 0.3) is 0 Å². The average molecular weight is 338 g/mol. The summed E-state index contributed by atoms with van der Waals surface area (Å²) in [5.74, 6) is 0.495. The van der Waals surface area contributed by atoms with Crippen molar-refractivity contribution >= 4 is 11.8 Å². The largest absolute Gasteiger partial charge is 0.465 e. The Labute approximate surface area is 149 Å². The number of hydrogen-bond donors (Lipinski definition) is 0. The molecule has 0 N–H and O–H groups in total. The molecule has 5 atom stereocenters. The molecule has 0 saturated carbocycles. The first kappa shape index (κ1) is 19.2. The number of Topliss-reactive ketones (excluding diaryl/α,β-unsaturated/α-hetero) is 1. The van der Waals surface area contributed by atoms with Crippen LogP contribution in [0.2, 0.25) is 0 Å². The van der Waals surface area contributed by atoms with Crippen LogP contribution in [-0.4, -0.2) is 18.3 Å². The van der Waals surface area contributed by atoms with E-state index in [4.69, 9.17) is 6.11 Å². The van der Waals surface area contributed by atoms with E-state index < -0.39 is 12.0 Å². The molecule has 0 spiro atoms. The fourth-order valence-corrected chi connectivity index (χ4v) is 3.35. The van der Waals surface area contributed by atoms with Gasteiger partial charge in [0.05, 0.1) is 7.95 Å². The smallest absolute Gasteiger partial charge is 0.306 e. The summed E-state index contributed by atoms with van der Waals surface area (Å²) >= 11 is 0. The van der Waals surface area contributed by atoms with Crippen LogP contribution in [0.4, 0.5) is 0 Å². The van der Waals surface area contributed by atoms with Crippen LogP contribution in [0, 0.1) is 29.1 Å². The lowest BCUT2D eigenvalue weighted by Gasteiger charge is -2.35. The molecule has 24 heavy (non-hydrogen) atoms. The van der Waals surface area contributed by atoms with Gasteiger partial charge in [-0.05, 0) is 37.0 Å². The first-order valence-electron chi connectivity index (χ1n) is 9.96. The van der Waals surface area contributed by atoms with E-state index in [0.29, 0.717) is 18.3 Å². The number of carbonyl (C=O) groups excluding carboxylic acids is 2. The molecule has 0 saturated heterocycles. The molecule has 0 fully saturated rings. The quantitative estimate of drug-likeness (QED) is 0.451. The molecule has 1 aliphatic heterocycles. The molecule has 1 aliphatic rings. The van der Waals surface area contributed by atoms with Crippen LogP contribution in [0.25, 0.3) is 0 Å². The van der Waals surface area contributed by atoms with Crippen LogP contribution in [0.5, 0.6) is 0 Å². The molecule has 0 radical (unpaired) electrons. The Kier molecular flexibility index (Phi) is 7.51. The maximum absolute atomic E-state index is 13.1. The molecular weight excluding hydrogens is 300 g/mol. The number of ether oxygens (including phenoxy) is 1. The Hall–Kier alpha value is -1.12. The molecule has 0 aliphatic carbocycles. The average Bonchev–Trinajstić information content (AvgIpc) is 2.54. The molecule has 1 rings (SSSR count). The fourth-order valence-electron chi connectivity index (χ4n) is 3.35. The highest BCUT2D eigenvalue weighted by Gasteiger charge is 2.39. The second-order valence-corrected chi connectivity index (χ2v) is 8.11. The zero-order valence-electron chi connectivity index (χ0n) is 17.3. The van der Waals surface area contributed by atoms with Gasteiger partial charge in [-0.1, -0.05) is 60.1 Å². The standard InChI is InChI=1S/C21H36O3/c1-15-12-10-8-7-9-11-13-24-19(22)14-16(2)21(5,6)20(23)18(4)17(15)3/h7,9,15-18H,8,10-14H2,1-6H3/b9-7-/t15-,16+,17+,18-/m1/s1/i13D/t13?,15-,16+,17+,18-. The summed E-state index contributed by atoms with van der Waals surface area (Å²) in [6.45, 7) is 11.4. The molecule has 3 heteroatoms. The molecule has 1 unspecified atom stereocenters. The maximum atomic E-state index is 13.1. The summed E-state index contributed by atoms with van der Waals surface area (Å²) < 4.78 is 13.0. The number of rotatable bonds is 0. The van der Waals surface area contributed by atoms with Gasteiger partial charge in [0.2, 0.25) is 0 Å². The number of esters is 1. The number of cyclic esters (lactones) is 1. The van der Waals surface area contributed by atoms with Crippen molar-refractivity contribution in [3.05, 3.63) is 12.2 Å². The lowest BCUT2D eigenvalue weighted by Crippen LogP contribution is -2.39. The van der Waals surface area contributed by atoms with Gasteiger partial charge < -0.3 is 4.74 Å². The number of allylic oxidation sites excluding steroid dienone is 1. The molecule has 0 aromatic rings. The Bertz CT molecular complexity index is 484. The SMILES string of the molecule is [2H]C1C/C=C\CCC[C@@H](C)[C@H](C)[C@@H](C)C(=O)C(C)(C)[C@@H](C)CC(=O)O1. The van der Waals surface area contributed by atoms with Crippen molar-refractivity contribution in [2.75, 3.05) is 6.58 Å². The highest BCUT2D eigenvalue weighted by molar-refractivity contribution is 5.87. The summed E-state index contributed by atoms with van der Waals surface area (Å²) in [5.41, 5.74) is -0.582. The van der Waals surface area contributed by atoms with Gasteiger partial charge in [0, 0.05) is 17.8 Å². The molecule has 0 aromatic carbocycles. The van der Waals surface area contributed by atoms with Crippen LogP contribution in [0.1, 0.15) is 75.0 Å². The van der Waals surface area contributed by atoms with E-state index in [9.17, 15) is 9.59 Å². The van der Waals surface area contributed by atoms with Gasteiger partial charge in [-0.25, -0.2) is 0 Å². The van der Waals surface area contributed by atoms with Crippen LogP contribution >= 0.6 is 0 Å². The van der Waals surface area contributed by atoms with Crippen molar-refractivity contribution in [3.8, 4) is 0 Å². The topological polar surface area (TPSA) is 43.4 Å². The van der Waals surface area contributed by atoms with Crippen LogP contribution in [0.15, 0.2) is 12.2 Å². The number of hydrogen-bond acceptors (Lipinski definition) is 3. The normalized spacial score (nSPS) is 38.9. The van der Waals surface area contributed by atoms with E-state index in [1.807, 2.05) is 33.8 Å². The van der Waals surface area contributed by atoms with Crippen molar-refractivity contribution in [2.45, 2.75) is 73.6 Å². The summed E-state index contributed by atoms with van der Waals surface area (Å²) in [6.07, 6.45) is 7.73. The van der Waals surface area contributed by atoms with Crippen molar-refractivity contribution in [1.29, 1.82) is 0 Å². The van der Waals surface area contributed by atoms with Gasteiger partial charge in [-0.3, -0.25) is 9.59 Å². The first-order chi connectivity index (χ1) is 11.6. The van der Waals surface area contributed by atoms with E-state index in [1.165, 1.54) is 0 Å². The van der Waals surface area contributed by atoms with E-state index in [1.54, 1.807) is 0 Å². The third-order valence-corrected chi connectivity index (χ3v) is 6.08. The minimum atomic E-state index is -0.861. The third-order valence-electron chi connectivity index (χ3n) is 6.08. The van der Waals surface area contributed by atoms with Crippen LogP contribution < -0.4 is 0 Å². The minimum absolute atomic E-state index is 0.0316. The molecular formula is C21H36O3. The minimum Gasteiger partial charge on any atom is -0.465 e. The Morgan fingerprint density at radius 1 is 1.12 bits per heavy atom. The van der Waals surface area contributed by atoms with Gasteiger partial charge in [0.15, 0.2) is 0 Å². The molecule has 0 aromatic heterocycles.